The van der Waals surface area contributed by atoms with Crippen LogP contribution in [0.25, 0.3) is 10.5 Å². The minimum absolute atomic E-state index is 0.771. The molecule has 0 radical (unpaired) electrons. The van der Waals surface area contributed by atoms with E-state index in [2.05, 4.69) is 15.0 Å². The van der Waals surface area contributed by atoms with Crippen LogP contribution in [0.15, 0.2) is 6.20 Å². The van der Waals surface area contributed by atoms with Crippen LogP contribution in [0.5, 0.6) is 0 Å². The molecule has 0 amide bonds. The van der Waals surface area contributed by atoms with Gasteiger partial charge in [0.1, 0.15) is 0 Å². The molecule has 0 saturated heterocycles. The van der Waals surface area contributed by atoms with Crippen LogP contribution in [-0.4, -0.2) is 15.0 Å². The summed E-state index contributed by atoms with van der Waals surface area (Å²) in [5.74, 6) is 0. The molecule has 0 N–H and O–H groups in total. The SMILES string of the molecule is Cc1cnc2sc(C)nc2n1. The summed E-state index contributed by atoms with van der Waals surface area (Å²) >= 11 is 1.58. The summed E-state index contributed by atoms with van der Waals surface area (Å²) in [5.41, 5.74) is 1.69. The third-order valence-corrected chi connectivity index (χ3v) is 2.22. The first-order chi connectivity index (χ1) is 5.25. The summed E-state index contributed by atoms with van der Waals surface area (Å²) in [5, 5.41) is 1.02. The van der Waals surface area contributed by atoms with Gasteiger partial charge in [-0.15, -0.1) is 0 Å². The van der Waals surface area contributed by atoms with Gasteiger partial charge in [-0.3, -0.25) is 0 Å². The summed E-state index contributed by atoms with van der Waals surface area (Å²) in [4.78, 5) is 13.6. The number of hydrogen-bond acceptors (Lipinski definition) is 4. The van der Waals surface area contributed by atoms with Gasteiger partial charge in [0.15, 0.2) is 10.5 Å². The van der Waals surface area contributed by atoms with Crippen LogP contribution >= 0.6 is 11.3 Å². The quantitative estimate of drug-likeness (QED) is 0.596. The van der Waals surface area contributed by atoms with E-state index < -0.39 is 0 Å². The molecule has 0 aliphatic carbocycles. The van der Waals surface area contributed by atoms with Gasteiger partial charge in [-0.1, -0.05) is 11.3 Å². The van der Waals surface area contributed by atoms with Gasteiger partial charge >= 0.3 is 0 Å². The molecular formula is C7H7N3S. The molecule has 0 aliphatic heterocycles. The second-order valence-corrected chi connectivity index (χ2v) is 3.55. The molecule has 11 heavy (non-hydrogen) atoms. The van der Waals surface area contributed by atoms with Gasteiger partial charge in [0.05, 0.1) is 10.7 Å². The Bertz CT molecular complexity index is 393. The third kappa shape index (κ3) is 1.09. The van der Waals surface area contributed by atoms with Gasteiger partial charge in [-0.05, 0) is 13.8 Å². The van der Waals surface area contributed by atoms with Crippen molar-refractivity contribution in [3.05, 3.63) is 16.9 Å². The molecule has 0 aromatic carbocycles. The Balaban J connectivity index is 2.82. The van der Waals surface area contributed by atoms with Crippen molar-refractivity contribution in [2.45, 2.75) is 13.8 Å². The van der Waals surface area contributed by atoms with E-state index in [1.165, 1.54) is 0 Å². The van der Waals surface area contributed by atoms with E-state index in [4.69, 9.17) is 0 Å². The summed E-state index contributed by atoms with van der Waals surface area (Å²) in [6, 6.07) is 0. The number of hydrogen-bond donors (Lipinski definition) is 0. The zero-order valence-electron chi connectivity index (χ0n) is 6.33. The van der Waals surface area contributed by atoms with E-state index >= 15 is 0 Å². The maximum Gasteiger partial charge on any atom is 0.190 e. The van der Waals surface area contributed by atoms with Gasteiger partial charge in [-0.2, -0.15) is 0 Å². The molecule has 0 saturated carbocycles. The smallest absolute Gasteiger partial charge is 0.190 e. The second-order valence-electron chi connectivity index (χ2n) is 2.37. The van der Waals surface area contributed by atoms with Gasteiger partial charge in [0, 0.05) is 6.20 Å². The van der Waals surface area contributed by atoms with E-state index in [0.717, 1.165) is 21.2 Å². The van der Waals surface area contributed by atoms with Crippen molar-refractivity contribution in [3.8, 4) is 0 Å². The first-order valence-electron chi connectivity index (χ1n) is 3.32. The van der Waals surface area contributed by atoms with Crippen LogP contribution in [0.2, 0.25) is 0 Å². The minimum Gasteiger partial charge on any atom is -0.240 e. The highest BCUT2D eigenvalue weighted by Gasteiger charge is 2.01. The number of thiazole rings is 1. The van der Waals surface area contributed by atoms with Crippen LogP contribution in [0.4, 0.5) is 0 Å². The van der Waals surface area contributed by atoms with Crippen LogP contribution in [0.1, 0.15) is 10.7 Å². The Morgan fingerprint density at radius 1 is 1.27 bits per heavy atom. The number of rotatable bonds is 0. The molecule has 0 fully saturated rings. The Labute approximate surface area is 68.1 Å². The van der Waals surface area contributed by atoms with E-state index in [1.807, 2.05) is 13.8 Å². The maximum absolute atomic E-state index is 4.23. The Morgan fingerprint density at radius 3 is 2.91 bits per heavy atom. The predicted octanol–water partition coefficient (Wildman–Crippen LogP) is 1.70. The van der Waals surface area contributed by atoms with Crippen LogP contribution in [0, 0.1) is 13.8 Å². The summed E-state index contributed by atoms with van der Waals surface area (Å²) < 4.78 is 0. The molecule has 2 heterocycles. The van der Waals surface area contributed by atoms with Crippen molar-refractivity contribution < 1.29 is 0 Å². The summed E-state index contributed by atoms with van der Waals surface area (Å²) in [7, 11) is 0. The predicted molar refractivity (Wildman–Crippen MR) is 44.7 cm³/mol. The number of fused-ring (bicyclic) bond motifs is 1. The van der Waals surface area contributed by atoms with Crippen molar-refractivity contribution in [1.82, 2.24) is 15.0 Å². The van der Waals surface area contributed by atoms with Crippen LogP contribution in [0.3, 0.4) is 0 Å². The molecule has 3 nitrogen and oxygen atoms in total. The van der Waals surface area contributed by atoms with Gasteiger partial charge in [0.2, 0.25) is 0 Å². The van der Waals surface area contributed by atoms with E-state index in [0.29, 0.717) is 0 Å². The number of nitrogens with zero attached hydrogens (tertiary/aromatic N) is 3. The summed E-state index contributed by atoms with van der Waals surface area (Å²) in [6.07, 6.45) is 1.76. The van der Waals surface area contributed by atoms with Gasteiger partial charge in [0.25, 0.3) is 0 Å². The normalized spacial score (nSPS) is 10.7. The average Bonchev–Trinajstić information content (AvgIpc) is 2.27. The zero-order chi connectivity index (χ0) is 7.84. The standard InChI is InChI=1S/C7H7N3S/c1-4-3-8-7-6(9-4)10-5(2)11-7/h3H,1-2H3. The summed E-state index contributed by atoms with van der Waals surface area (Å²) in [6.45, 7) is 3.88. The number of aromatic nitrogens is 3. The van der Waals surface area contributed by atoms with Gasteiger partial charge in [-0.25, -0.2) is 15.0 Å². The molecular weight excluding hydrogens is 158 g/mol. The lowest BCUT2D eigenvalue weighted by atomic mass is 10.5. The molecule has 0 unspecified atom stereocenters. The Kier molecular flexibility index (Phi) is 1.35. The first-order valence-corrected chi connectivity index (χ1v) is 4.14. The van der Waals surface area contributed by atoms with Crippen LogP contribution < -0.4 is 0 Å². The highest BCUT2D eigenvalue weighted by atomic mass is 32.1. The van der Waals surface area contributed by atoms with Crippen LogP contribution in [-0.2, 0) is 0 Å². The van der Waals surface area contributed by atoms with Crippen molar-refractivity contribution in [2.75, 3.05) is 0 Å². The lowest BCUT2D eigenvalue weighted by molar-refractivity contribution is 1.16. The molecule has 56 valence electrons. The number of aryl methyl sites for hydroxylation is 2. The van der Waals surface area contributed by atoms with E-state index in [9.17, 15) is 0 Å². The highest BCUT2D eigenvalue weighted by molar-refractivity contribution is 7.18. The fourth-order valence-electron chi connectivity index (χ4n) is 0.910. The fraction of sp³-hybridized carbons (Fsp3) is 0.286. The fourth-order valence-corrected chi connectivity index (χ4v) is 1.61. The maximum atomic E-state index is 4.23. The molecule has 0 spiro atoms. The minimum atomic E-state index is 0.771. The Morgan fingerprint density at radius 2 is 2.09 bits per heavy atom. The first kappa shape index (κ1) is 6.67. The van der Waals surface area contributed by atoms with Crippen molar-refractivity contribution >= 4 is 21.8 Å². The third-order valence-electron chi connectivity index (χ3n) is 1.35. The van der Waals surface area contributed by atoms with Crippen molar-refractivity contribution in [3.63, 3.8) is 0 Å². The second kappa shape index (κ2) is 2.23. The molecule has 0 atom stereocenters. The topological polar surface area (TPSA) is 38.7 Å². The average molecular weight is 165 g/mol. The lowest BCUT2D eigenvalue weighted by Crippen LogP contribution is -1.83. The molecule has 2 aromatic rings. The molecule has 2 aromatic heterocycles. The van der Waals surface area contributed by atoms with E-state index in [-0.39, 0.29) is 0 Å². The molecule has 2 rings (SSSR count). The lowest BCUT2D eigenvalue weighted by Gasteiger charge is -1.87. The molecule has 4 heteroatoms. The van der Waals surface area contributed by atoms with E-state index in [1.54, 1.807) is 17.5 Å². The van der Waals surface area contributed by atoms with Crippen molar-refractivity contribution in [1.29, 1.82) is 0 Å². The monoisotopic (exact) mass is 165 g/mol. The molecule has 0 aliphatic rings. The highest BCUT2D eigenvalue weighted by Crippen LogP contribution is 2.16. The molecule has 0 bridgehead atoms. The Hall–Kier alpha value is -1.03. The van der Waals surface area contributed by atoms with Gasteiger partial charge < -0.3 is 0 Å². The largest absolute Gasteiger partial charge is 0.240 e. The van der Waals surface area contributed by atoms with Crippen molar-refractivity contribution in [2.24, 2.45) is 0 Å². The zero-order valence-corrected chi connectivity index (χ0v) is 7.14.